The predicted octanol–water partition coefficient (Wildman–Crippen LogP) is 5.89. The minimum absolute atomic E-state index is 0.0263. The van der Waals surface area contributed by atoms with E-state index in [9.17, 15) is 33.0 Å². The second-order valence-electron chi connectivity index (χ2n) is 10.7. The standard InChI is InChI=1S/C32H33F3N4O5/c33-32(34,35)27-16-25(13-10-24(27)17-36)38-31(44)39(26-14-11-22(12-15-26)21-4-2-1-3-5-21)19-20-6-8-23(9-7-20)29(41)37-18-28(40)30(42)43/h6-16,21,28-29,37,40-41H,1-5,18-19H2,(H,38,44)(H,42,43)/t28-,29?/m1/s1. The minimum Gasteiger partial charge on any atom is -0.479 e. The Morgan fingerprint density at radius 1 is 0.977 bits per heavy atom. The SMILES string of the molecule is N#Cc1ccc(NC(=O)N(Cc2ccc(C(O)NC[C@@H](O)C(=O)O)cc2)c2ccc(C3CCCCC3)cc2)cc1C(F)(F)F. The Balaban J connectivity index is 1.57. The average Bonchev–Trinajstić information content (AvgIpc) is 3.02. The lowest BCUT2D eigenvalue weighted by Crippen LogP contribution is -2.35. The summed E-state index contributed by atoms with van der Waals surface area (Å²) in [7, 11) is 0. The third-order valence-electron chi connectivity index (χ3n) is 7.65. The molecule has 2 atom stereocenters. The fourth-order valence-corrected chi connectivity index (χ4v) is 5.20. The highest BCUT2D eigenvalue weighted by atomic mass is 19.4. The molecule has 0 radical (unpaired) electrons. The van der Waals surface area contributed by atoms with Crippen molar-refractivity contribution < 1.29 is 38.1 Å². The van der Waals surface area contributed by atoms with E-state index in [1.54, 1.807) is 36.4 Å². The molecule has 2 amide bonds. The summed E-state index contributed by atoms with van der Waals surface area (Å²) < 4.78 is 40.6. The molecule has 3 aromatic carbocycles. The summed E-state index contributed by atoms with van der Waals surface area (Å²) in [5, 5.41) is 42.7. The number of carboxylic acid groups (broad SMARTS) is 1. The number of halogens is 3. The molecule has 1 aliphatic carbocycles. The molecular formula is C32H33F3N4O5. The number of urea groups is 1. The first-order valence-corrected chi connectivity index (χ1v) is 14.2. The van der Waals surface area contributed by atoms with Gasteiger partial charge in [0.25, 0.3) is 0 Å². The number of benzene rings is 3. The van der Waals surface area contributed by atoms with E-state index in [1.807, 2.05) is 12.1 Å². The highest BCUT2D eigenvalue weighted by molar-refractivity contribution is 6.01. The fourth-order valence-electron chi connectivity index (χ4n) is 5.20. The van der Waals surface area contributed by atoms with Crippen LogP contribution in [0.2, 0.25) is 0 Å². The van der Waals surface area contributed by atoms with Crippen molar-refractivity contribution in [3.8, 4) is 6.07 Å². The van der Waals surface area contributed by atoms with E-state index in [0.717, 1.165) is 43.4 Å². The number of carbonyl (C=O) groups is 2. The van der Waals surface area contributed by atoms with Gasteiger partial charge in [0.1, 0.15) is 6.23 Å². The van der Waals surface area contributed by atoms with Crippen molar-refractivity contribution in [2.45, 2.75) is 63.1 Å². The molecule has 12 heteroatoms. The summed E-state index contributed by atoms with van der Waals surface area (Å²) in [6, 6.07) is 17.8. The Morgan fingerprint density at radius 3 is 2.23 bits per heavy atom. The Bertz CT molecular complexity index is 1480. The lowest BCUT2D eigenvalue weighted by Gasteiger charge is -2.26. The number of amides is 2. The van der Waals surface area contributed by atoms with Gasteiger partial charge in [0.05, 0.1) is 23.7 Å². The molecule has 3 aromatic rings. The van der Waals surface area contributed by atoms with Gasteiger partial charge in [0.2, 0.25) is 0 Å². The van der Waals surface area contributed by atoms with Crippen LogP contribution in [0.15, 0.2) is 66.7 Å². The lowest BCUT2D eigenvalue weighted by atomic mass is 9.84. The zero-order valence-electron chi connectivity index (χ0n) is 23.7. The first-order chi connectivity index (χ1) is 21.0. The van der Waals surface area contributed by atoms with Gasteiger partial charge in [-0.25, -0.2) is 9.59 Å². The van der Waals surface area contributed by atoms with Crippen molar-refractivity contribution in [3.05, 3.63) is 94.5 Å². The van der Waals surface area contributed by atoms with Crippen molar-refractivity contribution in [1.29, 1.82) is 5.26 Å². The number of nitrogens with zero attached hydrogens (tertiary/aromatic N) is 2. The number of hydrogen-bond donors (Lipinski definition) is 5. The number of aliphatic hydroxyl groups is 2. The molecule has 1 fully saturated rings. The summed E-state index contributed by atoms with van der Waals surface area (Å²) in [5.74, 6) is -0.996. The number of anilines is 2. The molecule has 0 bridgehead atoms. The fraction of sp³-hybridized carbons (Fsp3) is 0.344. The maximum absolute atomic E-state index is 13.5. The second kappa shape index (κ2) is 14.4. The number of nitrogens with one attached hydrogen (secondary N) is 2. The number of carboxylic acids is 1. The molecule has 9 nitrogen and oxygen atoms in total. The summed E-state index contributed by atoms with van der Waals surface area (Å²) in [6.07, 6.45) is -2.03. The van der Waals surface area contributed by atoms with Gasteiger partial charge in [-0.15, -0.1) is 0 Å². The van der Waals surface area contributed by atoms with E-state index < -0.39 is 41.6 Å². The largest absolute Gasteiger partial charge is 0.479 e. The van der Waals surface area contributed by atoms with Crippen LogP contribution in [0.1, 0.15) is 72.1 Å². The van der Waals surface area contributed by atoms with Gasteiger partial charge in [0, 0.05) is 17.9 Å². The lowest BCUT2D eigenvalue weighted by molar-refractivity contribution is -0.146. The molecule has 1 saturated carbocycles. The van der Waals surface area contributed by atoms with E-state index in [4.69, 9.17) is 10.4 Å². The average molecular weight is 611 g/mol. The van der Waals surface area contributed by atoms with E-state index in [1.165, 1.54) is 23.5 Å². The van der Waals surface area contributed by atoms with Gasteiger partial charge < -0.3 is 20.6 Å². The minimum atomic E-state index is -4.78. The molecule has 1 unspecified atom stereocenters. The predicted molar refractivity (Wildman–Crippen MR) is 157 cm³/mol. The normalized spacial score (nSPS) is 15.2. The molecule has 5 N–H and O–H groups in total. The van der Waals surface area contributed by atoms with E-state index in [-0.39, 0.29) is 18.8 Å². The third-order valence-corrected chi connectivity index (χ3v) is 7.65. The maximum Gasteiger partial charge on any atom is 0.417 e. The second-order valence-corrected chi connectivity index (χ2v) is 10.7. The van der Waals surface area contributed by atoms with Gasteiger partial charge in [-0.2, -0.15) is 18.4 Å². The van der Waals surface area contributed by atoms with Crippen molar-refractivity contribution in [1.82, 2.24) is 5.32 Å². The first-order valence-electron chi connectivity index (χ1n) is 14.2. The van der Waals surface area contributed by atoms with Crippen LogP contribution in [0.5, 0.6) is 0 Å². The Labute approximate surface area is 252 Å². The molecular weight excluding hydrogens is 577 g/mol. The maximum atomic E-state index is 13.5. The molecule has 0 saturated heterocycles. The van der Waals surface area contributed by atoms with Gasteiger partial charge in [-0.05, 0) is 65.8 Å². The number of rotatable bonds is 10. The summed E-state index contributed by atoms with van der Waals surface area (Å²) >= 11 is 0. The van der Waals surface area contributed by atoms with Crippen molar-refractivity contribution in [3.63, 3.8) is 0 Å². The molecule has 0 aromatic heterocycles. The highest BCUT2D eigenvalue weighted by Gasteiger charge is 2.34. The van der Waals surface area contributed by atoms with Crippen LogP contribution < -0.4 is 15.5 Å². The molecule has 44 heavy (non-hydrogen) atoms. The number of aliphatic hydroxyl groups excluding tert-OH is 2. The monoisotopic (exact) mass is 610 g/mol. The van der Waals surface area contributed by atoms with Gasteiger partial charge in [-0.3, -0.25) is 10.2 Å². The van der Waals surface area contributed by atoms with Crippen LogP contribution in [0.25, 0.3) is 0 Å². The van der Waals surface area contributed by atoms with Gasteiger partial charge in [-0.1, -0.05) is 55.7 Å². The van der Waals surface area contributed by atoms with Crippen LogP contribution in [-0.4, -0.2) is 40.0 Å². The van der Waals surface area contributed by atoms with Crippen LogP contribution in [0.4, 0.5) is 29.3 Å². The molecule has 232 valence electrons. The zero-order chi connectivity index (χ0) is 31.9. The molecule has 1 aliphatic rings. The summed E-state index contributed by atoms with van der Waals surface area (Å²) in [6.45, 7) is -0.354. The number of hydrogen-bond acceptors (Lipinski definition) is 6. The Kier molecular flexibility index (Phi) is 10.6. The molecule has 4 rings (SSSR count). The molecule has 0 spiro atoms. The number of aliphatic carboxylic acids is 1. The Morgan fingerprint density at radius 2 is 1.64 bits per heavy atom. The van der Waals surface area contributed by atoms with Crippen LogP contribution in [-0.2, 0) is 17.5 Å². The number of carbonyl (C=O) groups excluding carboxylic acids is 1. The van der Waals surface area contributed by atoms with Crippen LogP contribution in [0, 0.1) is 11.3 Å². The smallest absolute Gasteiger partial charge is 0.417 e. The van der Waals surface area contributed by atoms with E-state index >= 15 is 0 Å². The van der Waals surface area contributed by atoms with Crippen molar-refractivity contribution in [2.75, 3.05) is 16.8 Å². The quantitative estimate of drug-likeness (QED) is 0.180. The van der Waals surface area contributed by atoms with Crippen molar-refractivity contribution in [2.24, 2.45) is 0 Å². The number of alkyl halides is 3. The molecule has 0 aliphatic heterocycles. The van der Waals surface area contributed by atoms with Gasteiger partial charge in [0.15, 0.2) is 6.10 Å². The summed E-state index contributed by atoms with van der Waals surface area (Å²) in [5.41, 5.74) is 0.859. The topological polar surface area (TPSA) is 146 Å². The number of nitriles is 1. The first kappa shape index (κ1) is 32.5. The van der Waals surface area contributed by atoms with Crippen LogP contribution >= 0.6 is 0 Å². The van der Waals surface area contributed by atoms with E-state index in [2.05, 4.69) is 10.6 Å². The highest BCUT2D eigenvalue weighted by Crippen LogP contribution is 2.35. The van der Waals surface area contributed by atoms with E-state index in [0.29, 0.717) is 22.7 Å². The third kappa shape index (κ3) is 8.35. The molecule has 0 heterocycles. The van der Waals surface area contributed by atoms with Crippen LogP contribution in [0.3, 0.4) is 0 Å². The Hall–Kier alpha value is -4.44. The zero-order valence-corrected chi connectivity index (χ0v) is 23.7. The van der Waals surface area contributed by atoms with Crippen molar-refractivity contribution >= 4 is 23.4 Å². The van der Waals surface area contributed by atoms with Gasteiger partial charge >= 0.3 is 18.2 Å². The summed E-state index contributed by atoms with van der Waals surface area (Å²) in [4.78, 5) is 25.7.